The lowest BCUT2D eigenvalue weighted by atomic mass is 10.3. The highest BCUT2D eigenvalue weighted by atomic mass is 16.4. The lowest BCUT2D eigenvalue weighted by Crippen LogP contribution is -2.48. The van der Waals surface area contributed by atoms with Crippen LogP contribution in [-0.4, -0.2) is 69.8 Å². The number of carboxylic acids is 1. The number of amides is 1. The van der Waals surface area contributed by atoms with E-state index in [9.17, 15) is 9.59 Å². The average molecular weight is 252 g/mol. The lowest BCUT2D eigenvalue weighted by Gasteiger charge is -2.32. The van der Waals surface area contributed by atoms with E-state index in [4.69, 9.17) is 5.11 Å². The number of hydrogen-bond acceptors (Lipinski definition) is 4. The Balaban J connectivity index is 1.92. The molecule has 1 aliphatic heterocycles. The van der Waals surface area contributed by atoms with Crippen LogP contribution in [0.25, 0.3) is 0 Å². The van der Waals surface area contributed by atoms with E-state index in [1.54, 1.807) is 4.90 Å². The molecule has 0 aromatic carbocycles. The number of carbonyl (C=O) groups excluding carboxylic acids is 1. The van der Waals surface area contributed by atoms with Gasteiger partial charge in [0.15, 0.2) is 0 Å². The molecule has 0 unspecified atom stereocenters. The number of piperazine rings is 1. The van der Waals surface area contributed by atoms with E-state index in [2.05, 4.69) is 10.00 Å². The molecular formula is C11H16N4O3. The van der Waals surface area contributed by atoms with Gasteiger partial charge in [0.05, 0.1) is 11.8 Å². The SMILES string of the molecule is CN1CCN(C(=O)Cn2cc(C(=O)O)cn2)CC1. The highest BCUT2D eigenvalue weighted by molar-refractivity contribution is 5.87. The summed E-state index contributed by atoms with van der Waals surface area (Å²) in [5.41, 5.74) is 0.0983. The van der Waals surface area contributed by atoms with Crippen molar-refractivity contribution >= 4 is 11.9 Å². The molecule has 1 saturated heterocycles. The van der Waals surface area contributed by atoms with Crippen molar-refractivity contribution in [1.29, 1.82) is 0 Å². The molecule has 0 aliphatic carbocycles. The van der Waals surface area contributed by atoms with Crippen LogP contribution in [0.4, 0.5) is 0 Å². The van der Waals surface area contributed by atoms with E-state index in [-0.39, 0.29) is 18.0 Å². The van der Waals surface area contributed by atoms with Crippen molar-refractivity contribution in [3.63, 3.8) is 0 Å². The average Bonchev–Trinajstić information content (AvgIpc) is 2.78. The van der Waals surface area contributed by atoms with Crippen LogP contribution in [-0.2, 0) is 11.3 Å². The summed E-state index contributed by atoms with van der Waals surface area (Å²) in [4.78, 5) is 26.6. The summed E-state index contributed by atoms with van der Waals surface area (Å²) < 4.78 is 1.37. The maximum atomic E-state index is 12.0. The zero-order chi connectivity index (χ0) is 13.1. The van der Waals surface area contributed by atoms with Crippen molar-refractivity contribution in [1.82, 2.24) is 19.6 Å². The third-order valence-corrected chi connectivity index (χ3v) is 3.03. The second-order valence-electron chi connectivity index (χ2n) is 4.42. The van der Waals surface area contributed by atoms with Gasteiger partial charge < -0.3 is 14.9 Å². The van der Waals surface area contributed by atoms with Gasteiger partial charge in [0.2, 0.25) is 5.91 Å². The molecule has 0 saturated carbocycles. The number of carboxylic acid groups (broad SMARTS) is 1. The fourth-order valence-electron chi connectivity index (χ4n) is 1.85. The van der Waals surface area contributed by atoms with E-state index in [0.717, 1.165) is 13.1 Å². The first-order valence-electron chi connectivity index (χ1n) is 5.78. The fraction of sp³-hybridized carbons (Fsp3) is 0.545. The van der Waals surface area contributed by atoms with Crippen molar-refractivity contribution in [3.8, 4) is 0 Å². The topological polar surface area (TPSA) is 78.7 Å². The summed E-state index contributed by atoms with van der Waals surface area (Å²) in [5.74, 6) is -1.06. The molecule has 0 atom stereocenters. The molecule has 2 rings (SSSR count). The van der Waals surface area contributed by atoms with Gasteiger partial charge in [-0.1, -0.05) is 0 Å². The van der Waals surface area contributed by atoms with E-state index in [1.807, 2.05) is 7.05 Å². The second-order valence-corrected chi connectivity index (χ2v) is 4.42. The molecule has 0 radical (unpaired) electrons. The Bertz CT molecular complexity index is 449. The van der Waals surface area contributed by atoms with Crippen molar-refractivity contribution in [3.05, 3.63) is 18.0 Å². The maximum Gasteiger partial charge on any atom is 0.338 e. The van der Waals surface area contributed by atoms with Crippen molar-refractivity contribution in [2.24, 2.45) is 0 Å². The molecule has 1 aromatic heterocycles. The first-order valence-corrected chi connectivity index (χ1v) is 5.78. The summed E-state index contributed by atoms with van der Waals surface area (Å²) in [6.45, 7) is 3.25. The Morgan fingerprint density at radius 1 is 1.33 bits per heavy atom. The van der Waals surface area contributed by atoms with Gasteiger partial charge in [0, 0.05) is 32.4 Å². The van der Waals surface area contributed by atoms with E-state index in [0.29, 0.717) is 13.1 Å². The zero-order valence-electron chi connectivity index (χ0n) is 10.2. The second kappa shape index (κ2) is 5.18. The van der Waals surface area contributed by atoms with E-state index < -0.39 is 5.97 Å². The molecule has 0 bridgehead atoms. The summed E-state index contributed by atoms with van der Waals surface area (Å²) in [5, 5.41) is 12.6. The minimum atomic E-state index is -1.03. The molecule has 7 nitrogen and oxygen atoms in total. The first-order chi connectivity index (χ1) is 8.56. The van der Waals surface area contributed by atoms with Crippen LogP contribution >= 0.6 is 0 Å². The molecule has 1 aromatic rings. The minimum Gasteiger partial charge on any atom is -0.478 e. The van der Waals surface area contributed by atoms with Crippen molar-refractivity contribution in [2.45, 2.75) is 6.54 Å². The van der Waals surface area contributed by atoms with Gasteiger partial charge >= 0.3 is 5.97 Å². The predicted octanol–water partition coefficient (Wildman–Crippen LogP) is -0.645. The quantitative estimate of drug-likeness (QED) is 0.773. The van der Waals surface area contributed by atoms with Crippen molar-refractivity contribution in [2.75, 3.05) is 33.2 Å². The number of hydrogen-bond donors (Lipinski definition) is 1. The smallest absolute Gasteiger partial charge is 0.338 e. The summed E-state index contributed by atoms with van der Waals surface area (Å²) in [6, 6.07) is 0. The van der Waals surface area contributed by atoms with Gasteiger partial charge in [-0.05, 0) is 7.05 Å². The highest BCUT2D eigenvalue weighted by Crippen LogP contribution is 2.02. The maximum absolute atomic E-state index is 12.0. The molecule has 1 amide bonds. The van der Waals surface area contributed by atoms with Gasteiger partial charge in [-0.15, -0.1) is 0 Å². The summed E-state index contributed by atoms with van der Waals surface area (Å²) >= 11 is 0. The van der Waals surface area contributed by atoms with Crippen LogP contribution in [0.3, 0.4) is 0 Å². The standard InChI is InChI=1S/C11H16N4O3/c1-13-2-4-14(5-3-13)10(16)8-15-7-9(6-12-15)11(17)18/h6-7H,2-5,8H2,1H3,(H,17,18). The number of aromatic carboxylic acids is 1. The van der Waals surface area contributed by atoms with Crippen LogP contribution in [0.15, 0.2) is 12.4 Å². The highest BCUT2D eigenvalue weighted by Gasteiger charge is 2.19. The Hall–Kier alpha value is -1.89. The monoisotopic (exact) mass is 252 g/mol. The molecule has 0 spiro atoms. The molecule has 2 heterocycles. The molecule has 98 valence electrons. The van der Waals surface area contributed by atoms with Gasteiger partial charge in [0.1, 0.15) is 6.54 Å². The fourth-order valence-corrected chi connectivity index (χ4v) is 1.85. The lowest BCUT2D eigenvalue weighted by molar-refractivity contribution is -0.133. The van der Waals surface area contributed by atoms with E-state index in [1.165, 1.54) is 17.1 Å². The van der Waals surface area contributed by atoms with Gasteiger partial charge in [-0.25, -0.2) is 4.79 Å². The molecule has 7 heteroatoms. The summed E-state index contributed by atoms with van der Waals surface area (Å²) in [7, 11) is 2.02. The number of rotatable bonds is 3. The number of aromatic nitrogens is 2. The Kier molecular flexibility index (Phi) is 3.61. The van der Waals surface area contributed by atoms with Gasteiger partial charge in [0.25, 0.3) is 0 Å². The largest absolute Gasteiger partial charge is 0.478 e. The minimum absolute atomic E-state index is 0.0249. The van der Waals surface area contributed by atoms with Crippen LogP contribution in [0.2, 0.25) is 0 Å². The zero-order valence-corrected chi connectivity index (χ0v) is 10.2. The van der Waals surface area contributed by atoms with Crippen LogP contribution in [0, 0.1) is 0 Å². The Labute approximate surface area is 105 Å². The molecule has 18 heavy (non-hydrogen) atoms. The third-order valence-electron chi connectivity index (χ3n) is 3.03. The third kappa shape index (κ3) is 2.86. The Morgan fingerprint density at radius 2 is 2.00 bits per heavy atom. The first kappa shape index (κ1) is 12.6. The van der Waals surface area contributed by atoms with Crippen molar-refractivity contribution < 1.29 is 14.7 Å². The number of nitrogens with zero attached hydrogens (tertiary/aromatic N) is 4. The van der Waals surface area contributed by atoms with E-state index >= 15 is 0 Å². The molecule has 1 N–H and O–H groups in total. The molecule has 1 aliphatic rings. The van der Waals surface area contributed by atoms with Gasteiger partial charge in [-0.2, -0.15) is 5.10 Å². The summed E-state index contributed by atoms with van der Waals surface area (Å²) in [6.07, 6.45) is 2.62. The Morgan fingerprint density at radius 3 is 2.56 bits per heavy atom. The normalized spacial score (nSPS) is 16.8. The van der Waals surface area contributed by atoms with Gasteiger partial charge in [-0.3, -0.25) is 9.48 Å². The van der Waals surface area contributed by atoms with Crippen LogP contribution in [0.1, 0.15) is 10.4 Å². The number of carbonyl (C=O) groups is 2. The molecular weight excluding hydrogens is 236 g/mol. The van der Waals surface area contributed by atoms with Crippen LogP contribution < -0.4 is 0 Å². The van der Waals surface area contributed by atoms with Crippen LogP contribution in [0.5, 0.6) is 0 Å². The number of likely N-dealkylation sites (N-methyl/N-ethyl adjacent to an activating group) is 1. The predicted molar refractivity (Wildman–Crippen MR) is 63.3 cm³/mol. The molecule has 1 fully saturated rings.